The van der Waals surface area contributed by atoms with Crippen LogP contribution in [0.2, 0.25) is 0 Å². The van der Waals surface area contributed by atoms with Gasteiger partial charge in [0.15, 0.2) is 0 Å². The van der Waals surface area contributed by atoms with E-state index in [1.165, 1.54) is 51.9 Å². The van der Waals surface area contributed by atoms with Gasteiger partial charge in [-0.2, -0.15) is 0 Å². The molecule has 0 aromatic heterocycles. The normalized spacial score (nSPS) is 45.8. The Kier molecular flexibility index (Phi) is 3.41. The van der Waals surface area contributed by atoms with Crippen molar-refractivity contribution in [2.24, 2.45) is 17.6 Å². The standard InChI is InChI=1S/C15H29N3/c1-3-17-6-7-18(10-12(17)2)15(11-16)9-13-4-5-14(15)8-13/h12-14H,3-11,16H2,1-2H3. The number of rotatable bonds is 3. The Balaban J connectivity index is 1.74. The van der Waals surface area contributed by atoms with Gasteiger partial charge in [-0.05, 0) is 44.6 Å². The molecule has 4 unspecified atom stereocenters. The molecule has 3 fully saturated rings. The van der Waals surface area contributed by atoms with Gasteiger partial charge in [0, 0.05) is 37.8 Å². The fourth-order valence-electron chi connectivity index (χ4n) is 5.05. The van der Waals surface area contributed by atoms with Crippen LogP contribution in [0.1, 0.15) is 39.5 Å². The third kappa shape index (κ3) is 1.83. The van der Waals surface area contributed by atoms with Crippen LogP contribution in [0.4, 0.5) is 0 Å². The summed E-state index contributed by atoms with van der Waals surface area (Å²) in [6, 6.07) is 0.700. The van der Waals surface area contributed by atoms with Gasteiger partial charge in [0.2, 0.25) is 0 Å². The molecule has 3 heteroatoms. The Hall–Kier alpha value is -0.120. The summed E-state index contributed by atoms with van der Waals surface area (Å²) in [6.07, 6.45) is 5.74. The van der Waals surface area contributed by atoms with Crippen molar-refractivity contribution >= 4 is 0 Å². The lowest BCUT2D eigenvalue weighted by Crippen LogP contribution is -2.64. The molecule has 0 spiro atoms. The van der Waals surface area contributed by atoms with Crippen LogP contribution < -0.4 is 5.73 Å². The smallest absolute Gasteiger partial charge is 0.0363 e. The van der Waals surface area contributed by atoms with Gasteiger partial charge in [0.05, 0.1) is 0 Å². The fourth-order valence-corrected chi connectivity index (χ4v) is 5.05. The monoisotopic (exact) mass is 251 g/mol. The molecule has 18 heavy (non-hydrogen) atoms. The minimum Gasteiger partial charge on any atom is -0.329 e. The first-order chi connectivity index (χ1) is 8.69. The van der Waals surface area contributed by atoms with Crippen molar-refractivity contribution in [1.82, 2.24) is 9.80 Å². The molecule has 0 aromatic carbocycles. The topological polar surface area (TPSA) is 32.5 Å². The van der Waals surface area contributed by atoms with Gasteiger partial charge in [-0.15, -0.1) is 0 Å². The second-order valence-electron chi connectivity index (χ2n) is 6.81. The summed E-state index contributed by atoms with van der Waals surface area (Å²) in [6.45, 7) is 10.4. The largest absolute Gasteiger partial charge is 0.329 e. The molecule has 0 aromatic rings. The molecule has 2 aliphatic carbocycles. The number of nitrogens with two attached hydrogens (primary N) is 1. The average Bonchev–Trinajstić information content (AvgIpc) is 2.99. The van der Waals surface area contributed by atoms with Crippen molar-refractivity contribution in [2.45, 2.75) is 51.1 Å². The maximum absolute atomic E-state index is 6.24. The second-order valence-corrected chi connectivity index (χ2v) is 6.81. The Bertz CT molecular complexity index is 306. The van der Waals surface area contributed by atoms with Crippen molar-refractivity contribution in [3.05, 3.63) is 0 Å². The maximum atomic E-state index is 6.24. The molecule has 104 valence electrons. The lowest BCUT2D eigenvalue weighted by molar-refractivity contribution is -0.0184. The van der Waals surface area contributed by atoms with Crippen LogP contribution >= 0.6 is 0 Å². The summed E-state index contributed by atoms with van der Waals surface area (Å²) in [5.74, 6) is 1.88. The van der Waals surface area contributed by atoms with Gasteiger partial charge < -0.3 is 5.73 Å². The van der Waals surface area contributed by atoms with Crippen molar-refractivity contribution in [1.29, 1.82) is 0 Å². The first kappa shape index (κ1) is 12.9. The van der Waals surface area contributed by atoms with Crippen LogP contribution in [0.25, 0.3) is 0 Å². The lowest BCUT2D eigenvalue weighted by Gasteiger charge is -2.51. The third-order valence-electron chi connectivity index (χ3n) is 6.10. The minimum absolute atomic E-state index is 0.372. The molecule has 2 N–H and O–H groups in total. The zero-order valence-corrected chi connectivity index (χ0v) is 12.1. The molecule has 0 amide bonds. The van der Waals surface area contributed by atoms with E-state index in [2.05, 4.69) is 23.6 Å². The van der Waals surface area contributed by atoms with Crippen LogP contribution in [0, 0.1) is 11.8 Å². The van der Waals surface area contributed by atoms with Gasteiger partial charge in [-0.25, -0.2) is 0 Å². The predicted molar refractivity (Wildman–Crippen MR) is 75.5 cm³/mol. The van der Waals surface area contributed by atoms with E-state index in [-0.39, 0.29) is 0 Å². The highest BCUT2D eigenvalue weighted by Gasteiger charge is 2.53. The number of hydrogen-bond acceptors (Lipinski definition) is 3. The van der Waals surface area contributed by atoms with Crippen LogP contribution in [0.3, 0.4) is 0 Å². The molecule has 3 nitrogen and oxygen atoms in total. The molecule has 2 saturated carbocycles. The van der Waals surface area contributed by atoms with Gasteiger partial charge >= 0.3 is 0 Å². The summed E-state index contributed by atoms with van der Waals surface area (Å²) >= 11 is 0. The Morgan fingerprint density at radius 2 is 2.11 bits per heavy atom. The SMILES string of the molecule is CCN1CCN(C2(CN)CC3CCC2C3)CC1C. The van der Waals surface area contributed by atoms with E-state index in [4.69, 9.17) is 5.73 Å². The second kappa shape index (κ2) is 4.77. The van der Waals surface area contributed by atoms with E-state index in [0.29, 0.717) is 11.6 Å². The molecule has 4 atom stereocenters. The van der Waals surface area contributed by atoms with Crippen molar-refractivity contribution in [3.63, 3.8) is 0 Å². The summed E-state index contributed by atoms with van der Waals surface area (Å²) in [7, 11) is 0. The Labute approximate surface area is 112 Å². The Morgan fingerprint density at radius 1 is 1.28 bits per heavy atom. The Morgan fingerprint density at radius 3 is 2.61 bits per heavy atom. The van der Waals surface area contributed by atoms with Crippen LogP contribution in [-0.2, 0) is 0 Å². The lowest BCUT2D eigenvalue weighted by atomic mass is 9.78. The van der Waals surface area contributed by atoms with Gasteiger partial charge in [0.25, 0.3) is 0 Å². The third-order valence-corrected chi connectivity index (χ3v) is 6.10. The van der Waals surface area contributed by atoms with E-state index >= 15 is 0 Å². The number of piperazine rings is 1. The van der Waals surface area contributed by atoms with Gasteiger partial charge in [-0.3, -0.25) is 9.80 Å². The maximum Gasteiger partial charge on any atom is 0.0363 e. The zero-order chi connectivity index (χ0) is 12.8. The van der Waals surface area contributed by atoms with E-state index < -0.39 is 0 Å². The molecule has 3 aliphatic rings. The molecule has 3 rings (SSSR count). The quantitative estimate of drug-likeness (QED) is 0.825. The highest BCUT2D eigenvalue weighted by atomic mass is 15.3. The van der Waals surface area contributed by atoms with E-state index in [9.17, 15) is 0 Å². The molecular formula is C15H29N3. The highest BCUT2D eigenvalue weighted by Crippen LogP contribution is 2.53. The summed E-state index contributed by atoms with van der Waals surface area (Å²) in [5.41, 5.74) is 6.62. The number of nitrogens with zero attached hydrogens (tertiary/aromatic N) is 2. The fraction of sp³-hybridized carbons (Fsp3) is 1.00. The summed E-state index contributed by atoms with van der Waals surface area (Å²) < 4.78 is 0. The van der Waals surface area contributed by atoms with E-state index in [1.54, 1.807) is 0 Å². The molecular weight excluding hydrogens is 222 g/mol. The van der Waals surface area contributed by atoms with Gasteiger partial charge in [-0.1, -0.05) is 13.3 Å². The molecule has 2 bridgehead atoms. The van der Waals surface area contributed by atoms with Crippen molar-refractivity contribution in [2.75, 3.05) is 32.7 Å². The average molecular weight is 251 g/mol. The molecule has 1 heterocycles. The molecule has 1 saturated heterocycles. The predicted octanol–water partition coefficient (Wildman–Crippen LogP) is 1.53. The summed E-state index contributed by atoms with van der Waals surface area (Å²) in [5, 5.41) is 0. The minimum atomic E-state index is 0.372. The summed E-state index contributed by atoms with van der Waals surface area (Å²) in [4.78, 5) is 5.38. The first-order valence-corrected chi connectivity index (χ1v) is 7.88. The molecule has 1 aliphatic heterocycles. The molecule has 0 radical (unpaired) electrons. The van der Waals surface area contributed by atoms with Crippen molar-refractivity contribution < 1.29 is 0 Å². The van der Waals surface area contributed by atoms with Crippen LogP contribution in [0.15, 0.2) is 0 Å². The number of likely N-dealkylation sites (N-methyl/N-ethyl adjacent to an activating group) is 1. The number of hydrogen-bond donors (Lipinski definition) is 1. The van der Waals surface area contributed by atoms with E-state index in [0.717, 1.165) is 18.4 Å². The number of fused-ring (bicyclic) bond motifs is 2. The first-order valence-electron chi connectivity index (χ1n) is 7.88. The zero-order valence-electron chi connectivity index (χ0n) is 12.1. The highest BCUT2D eigenvalue weighted by molar-refractivity contribution is 5.09. The van der Waals surface area contributed by atoms with Crippen molar-refractivity contribution in [3.8, 4) is 0 Å². The van der Waals surface area contributed by atoms with E-state index in [1.807, 2.05) is 0 Å². The van der Waals surface area contributed by atoms with Crippen LogP contribution in [0.5, 0.6) is 0 Å². The van der Waals surface area contributed by atoms with Crippen LogP contribution in [-0.4, -0.2) is 54.1 Å². The van der Waals surface area contributed by atoms with Gasteiger partial charge in [0.1, 0.15) is 0 Å².